The topological polar surface area (TPSA) is 64.1 Å². The Hall–Kier alpha value is -1.95. The molecule has 25 heavy (non-hydrogen) atoms. The van der Waals surface area contributed by atoms with Crippen LogP contribution in [0.25, 0.3) is 0 Å². The first kappa shape index (κ1) is 19.4. The minimum Gasteiger partial charge on any atom is -0.493 e. The van der Waals surface area contributed by atoms with Gasteiger partial charge in [-0.1, -0.05) is 6.07 Å². The summed E-state index contributed by atoms with van der Waals surface area (Å²) in [5, 5.41) is 6.62. The predicted octanol–water partition coefficient (Wildman–Crippen LogP) is 2.23. The second-order valence-electron chi connectivity index (χ2n) is 6.15. The molecule has 0 spiro atoms. The Labute approximate surface area is 151 Å². The molecule has 1 saturated carbocycles. The van der Waals surface area contributed by atoms with Gasteiger partial charge in [-0.2, -0.15) is 0 Å². The van der Waals surface area contributed by atoms with E-state index in [9.17, 15) is 0 Å². The Morgan fingerprint density at radius 1 is 1.16 bits per heavy atom. The molecular weight excluding hydrogens is 318 g/mol. The number of benzene rings is 1. The van der Waals surface area contributed by atoms with Crippen molar-refractivity contribution < 1.29 is 14.2 Å². The van der Waals surface area contributed by atoms with Crippen molar-refractivity contribution in [2.24, 2.45) is 10.9 Å². The van der Waals surface area contributed by atoms with Gasteiger partial charge in [0.1, 0.15) is 0 Å². The molecule has 0 unspecified atom stereocenters. The van der Waals surface area contributed by atoms with Crippen LogP contribution in [0.15, 0.2) is 23.2 Å². The molecule has 1 aliphatic carbocycles. The third-order valence-electron chi connectivity index (χ3n) is 4.05. The van der Waals surface area contributed by atoms with Crippen LogP contribution in [-0.4, -0.2) is 53.0 Å². The maximum atomic E-state index is 5.62. The van der Waals surface area contributed by atoms with Crippen LogP contribution in [0.3, 0.4) is 0 Å². The van der Waals surface area contributed by atoms with Crippen molar-refractivity contribution in [2.75, 3.05) is 47.1 Å². The van der Waals surface area contributed by atoms with Crippen LogP contribution in [0.1, 0.15) is 25.3 Å². The Kier molecular flexibility index (Phi) is 8.39. The fourth-order valence-corrected chi connectivity index (χ4v) is 2.46. The number of hydrogen-bond acceptors (Lipinski definition) is 4. The predicted molar refractivity (Wildman–Crippen MR) is 101 cm³/mol. The lowest BCUT2D eigenvalue weighted by atomic mass is 10.1. The largest absolute Gasteiger partial charge is 0.493 e. The molecule has 0 bridgehead atoms. The van der Waals surface area contributed by atoms with Crippen molar-refractivity contribution in [1.82, 2.24) is 10.6 Å². The second-order valence-corrected chi connectivity index (χ2v) is 6.15. The molecule has 0 saturated heterocycles. The fourth-order valence-electron chi connectivity index (χ4n) is 2.46. The van der Waals surface area contributed by atoms with Crippen molar-refractivity contribution in [3.05, 3.63) is 23.8 Å². The average Bonchev–Trinajstić information content (AvgIpc) is 3.45. The molecule has 1 aromatic rings. The van der Waals surface area contributed by atoms with E-state index in [1.807, 2.05) is 12.1 Å². The van der Waals surface area contributed by atoms with E-state index >= 15 is 0 Å². The van der Waals surface area contributed by atoms with Crippen molar-refractivity contribution in [3.63, 3.8) is 0 Å². The maximum absolute atomic E-state index is 5.62. The smallest absolute Gasteiger partial charge is 0.191 e. The quantitative estimate of drug-likeness (QED) is 0.364. The summed E-state index contributed by atoms with van der Waals surface area (Å²) in [5.41, 5.74) is 1.19. The SMILES string of the molecule is CCNC(=NCCOCC1CC1)NCCc1ccc(OC)c(OC)c1. The summed E-state index contributed by atoms with van der Waals surface area (Å²) in [6.07, 6.45) is 3.52. The van der Waals surface area contributed by atoms with Crippen molar-refractivity contribution in [2.45, 2.75) is 26.2 Å². The van der Waals surface area contributed by atoms with E-state index in [-0.39, 0.29) is 0 Å². The number of rotatable bonds is 11. The maximum Gasteiger partial charge on any atom is 0.191 e. The van der Waals surface area contributed by atoms with Gasteiger partial charge < -0.3 is 24.8 Å². The lowest BCUT2D eigenvalue weighted by Crippen LogP contribution is -2.38. The van der Waals surface area contributed by atoms with Gasteiger partial charge in [0, 0.05) is 19.7 Å². The van der Waals surface area contributed by atoms with Gasteiger partial charge in [-0.25, -0.2) is 0 Å². The van der Waals surface area contributed by atoms with E-state index in [2.05, 4.69) is 28.6 Å². The summed E-state index contributed by atoms with van der Waals surface area (Å²) in [7, 11) is 3.30. The van der Waals surface area contributed by atoms with Crippen LogP contribution in [0, 0.1) is 5.92 Å². The number of nitrogens with zero attached hydrogens (tertiary/aromatic N) is 1. The monoisotopic (exact) mass is 349 g/mol. The van der Waals surface area contributed by atoms with Gasteiger partial charge >= 0.3 is 0 Å². The molecule has 0 aliphatic heterocycles. The molecule has 0 aromatic heterocycles. The average molecular weight is 349 g/mol. The second kappa shape index (κ2) is 10.8. The summed E-state index contributed by atoms with van der Waals surface area (Å²) in [4.78, 5) is 4.55. The molecule has 0 atom stereocenters. The molecule has 1 aliphatic rings. The third kappa shape index (κ3) is 7.22. The normalized spacial score (nSPS) is 14.3. The molecule has 6 heteroatoms. The minimum atomic E-state index is 0.679. The van der Waals surface area contributed by atoms with E-state index in [4.69, 9.17) is 14.2 Å². The van der Waals surface area contributed by atoms with Crippen LogP contribution < -0.4 is 20.1 Å². The minimum absolute atomic E-state index is 0.679. The van der Waals surface area contributed by atoms with Gasteiger partial charge in [0.15, 0.2) is 17.5 Å². The number of guanidine groups is 1. The van der Waals surface area contributed by atoms with E-state index < -0.39 is 0 Å². The Balaban J connectivity index is 1.73. The summed E-state index contributed by atoms with van der Waals surface area (Å²) in [6.45, 7) is 5.95. The standard InChI is InChI=1S/C19H31N3O3/c1-4-20-19(22-11-12-25-14-16-5-6-16)21-10-9-15-7-8-17(23-2)18(13-15)24-3/h7-8,13,16H,4-6,9-12,14H2,1-3H3,(H2,20,21,22). The molecule has 0 radical (unpaired) electrons. The van der Waals surface area contributed by atoms with Gasteiger partial charge in [0.2, 0.25) is 0 Å². The third-order valence-corrected chi connectivity index (χ3v) is 4.05. The fraction of sp³-hybridized carbons (Fsp3) is 0.632. The van der Waals surface area contributed by atoms with E-state index in [1.165, 1.54) is 18.4 Å². The summed E-state index contributed by atoms with van der Waals surface area (Å²) in [5.74, 6) is 3.14. The van der Waals surface area contributed by atoms with Gasteiger partial charge in [0.25, 0.3) is 0 Å². The van der Waals surface area contributed by atoms with Crippen LogP contribution in [0.5, 0.6) is 11.5 Å². The van der Waals surface area contributed by atoms with Crippen molar-refractivity contribution in [3.8, 4) is 11.5 Å². The molecule has 2 rings (SSSR count). The van der Waals surface area contributed by atoms with E-state index in [0.717, 1.165) is 49.5 Å². The molecule has 140 valence electrons. The highest BCUT2D eigenvalue weighted by Gasteiger charge is 2.20. The van der Waals surface area contributed by atoms with Crippen LogP contribution >= 0.6 is 0 Å². The first-order chi connectivity index (χ1) is 12.3. The Morgan fingerprint density at radius 2 is 1.96 bits per heavy atom. The Bertz CT molecular complexity index is 545. The van der Waals surface area contributed by atoms with Gasteiger partial charge in [0.05, 0.1) is 27.4 Å². The molecule has 1 fully saturated rings. The summed E-state index contributed by atoms with van der Waals surface area (Å²) < 4.78 is 16.2. The highest BCUT2D eigenvalue weighted by molar-refractivity contribution is 5.79. The van der Waals surface area contributed by atoms with Crippen LogP contribution in [0.4, 0.5) is 0 Å². The lowest BCUT2D eigenvalue weighted by Gasteiger charge is -2.12. The van der Waals surface area contributed by atoms with E-state index in [0.29, 0.717) is 13.2 Å². The molecule has 0 heterocycles. The zero-order chi connectivity index (χ0) is 17.9. The number of methoxy groups -OCH3 is 2. The molecule has 0 amide bonds. The number of aliphatic imine (C=N–C) groups is 1. The first-order valence-electron chi connectivity index (χ1n) is 9.07. The summed E-state index contributed by atoms with van der Waals surface area (Å²) in [6, 6.07) is 6.00. The Morgan fingerprint density at radius 3 is 2.64 bits per heavy atom. The zero-order valence-corrected chi connectivity index (χ0v) is 15.6. The number of hydrogen-bond donors (Lipinski definition) is 2. The molecule has 2 N–H and O–H groups in total. The van der Waals surface area contributed by atoms with Crippen LogP contribution in [0.2, 0.25) is 0 Å². The van der Waals surface area contributed by atoms with Gasteiger partial charge in [-0.3, -0.25) is 4.99 Å². The number of ether oxygens (including phenoxy) is 3. The molecule has 6 nitrogen and oxygen atoms in total. The zero-order valence-electron chi connectivity index (χ0n) is 15.6. The highest BCUT2D eigenvalue weighted by Crippen LogP contribution is 2.28. The molecular formula is C19H31N3O3. The van der Waals surface area contributed by atoms with Gasteiger partial charge in [-0.05, 0) is 49.8 Å². The van der Waals surface area contributed by atoms with E-state index in [1.54, 1.807) is 14.2 Å². The van der Waals surface area contributed by atoms with Crippen molar-refractivity contribution in [1.29, 1.82) is 0 Å². The highest BCUT2D eigenvalue weighted by atomic mass is 16.5. The van der Waals surface area contributed by atoms with Gasteiger partial charge in [-0.15, -0.1) is 0 Å². The molecule has 1 aromatic carbocycles. The first-order valence-corrected chi connectivity index (χ1v) is 9.07. The lowest BCUT2D eigenvalue weighted by molar-refractivity contribution is 0.131. The van der Waals surface area contributed by atoms with Crippen molar-refractivity contribution >= 4 is 5.96 Å². The summed E-state index contributed by atoms with van der Waals surface area (Å²) >= 11 is 0. The van der Waals surface area contributed by atoms with Crippen LogP contribution in [-0.2, 0) is 11.2 Å². The number of nitrogens with one attached hydrogen (secondary N) is 2.